The number of amides is 1. The van der Waals surface area contributed by atoms with Gasteiger partial charge in [0.05, 0.1) is 32.1 Å². The molecular formula is C12H15NO3S. The second kappa shape index (κ2) is 5.93. The Labute approximate surface area is 105 Å². The van der Waals surface area contributed by atoms with E-state index in [1.807, 2.05) is 24.3 Å². The summed E-state index contributed by atoms with van der Waals surface area (Å²) in [4.78, 5) is 12.6. The van der Waals surface area contributed by atoms with Crippen LogP contribution in [0.5, 0.6) is 5.75 Å². The first-order valence-electron chi connectivity index (χ1n) is 5.42. The van der Waals surface area contributed by atoms with Crippen LogP contribution in [-0.2, 0) is 9.53 Å². The summed E-state index contributed by atoms with van der Waals surface area (Å²) >= 11 is 1.52. The average Bonchev–Trinajstić information content (AvgIpc) is 2.32. The molecule has 0 unspecified atom stereocenters. The first-order chi connectivity index (χ1) is 8.28. The lowest BCUT2D eigenvalue weighted by Gasteiger charge is -2.26. The third-order valence-electron chi connectivity index (χ3n) is 2.43. The molecule has 1 aliphatic rings. The minimum Gasteiger partial charge on any atom is -0.497 e. The molecule has 0 bridgehead atoms. The Bertz CT molecular complexity index is 376. The predicted molar refractivity (Wildman–Crippen MR) is 66.5 cm³/mol. The third-order valence-corrected chi connectivity index (χ3v) is 3.44. The Morgan fingerprint density at radius 2 is 2.18 bits per heavy atom. The summed E-state index contributed by atoms with van der Waals surface area (Å²) in [6, 6.07) is 7.88. The van der Waals surface area contributed by atoms with Crippen LogP contribution in [-0.4, -0.2) is 38.0 Å². The van der Waals surface area contributed by atoms with Crippen molar-refractivity contribution in [2.45, 2.75) is 10.9 Å². The molecule has 0 spiro atoms. The molecule has 92 valence electrons. The van der Waals surface area contributed by atoms with Crippen molar-refractivity contribution in [3.8, 4) is 5.75 Å². The van der Waals surface area contributed by atoms with Crippen molar-refractivity contribution in [2.75, 3.05) is 26.1 Å². The lowest BCUT2D eigenvalue weighted by atomic mass is 10.2. The van der Waals surface area contributed by atoms with Crippen LogP contribution in [0.15, 0.2) is 29.2 Å². The molecule has 1 heterocycles. The van der Waals surface area contributed by atoms with Gasteiger partial charge in [-0.05, 0) is 24.3 Å². The van der Waals surface area contributed by atoms with Crippen LogP contribution >= 0.6 is 11.8 Å². The highest BCUT2D eigenvalue weighted by Gasteiger charge is 2.19. The van der Waals surface area contributed by atoms with Crippen LogP contribution in [0.2, 0.25) is 0 Å². The van der Waals surface area contributed by atoms with E-state index in [1.165, 1.54) is 11.8 Å². The predicted octanol–water partition coefficient (Wildman–Crippen LogP) is 1.30. The van der Waals surface area contributed by atoms with E-state index in [4.69, 9.17) is 9.47 Å². The molecule has 5 heteroatoms. The van der Waals surface area contributed by atoms with Crippen LogP contribution < -0.4 is 10.1 Å². The van der Waals surface area contributed by atoms with Crippen LogP contribution in [0.3, 0.4) is 0 Å². The Kier molecular flexibility index (Phi) is 4.28. The maximum Gasteiger partial charge on any atom is 0.230 e. The number of hydrogen-bond donors (Lipinski definition) is 1. The second-order valence-electron chi connectivity index (χ2n) is 3.77. The van der Waals surface area contributed by atoms with E-state index < -0.39 is 0 Å². The van der Waals surface area contributed by atoms with Crippen LogP contribution in [0.4, 0.5) is 0 Å². The number of carbonyl (C=O) groups is 1. The third kappa shape index (κ3) is 3.64. The maximum absolute atomic E-state index is 11.5. The summed E-state index contributed by atoms with van der Waals surface area (Å²) < 4.78 is 10.1. The minimum absolute atomic E-state index is 0.0547. The zero-order valence-corrected chi connectivity index (χ0v) is 10.5. The molecule has 0 aliphatic carbocycles. The summed E-state index contributed by atoms with van der Waals surface area (Å²) in [6.07, 6.45) is 0. The quantitative estimate of drug-likeness (QED) is 0.804. The van der Waals surface area contributed by atoms with Crippen molar-refractivity contribution in [2.24, 2.45) is 0 Å². The Morgan fingerprint density at radius 1 is 1.47 bits per heavy atom. The fourth-order valence-electron chi connectivity index (χ4n) is 1.41. The van der Waals surface area contributed by atoms with Gasteiger partial charge in [-0.15, -0.1) is 11.8 Å². The zero-order valence-electron chi connectivity index (χ0n) is 9.64. The molecule has 17 heavy (non-hydrogen) atoms. The van der Waals surface area contributed by atoms with Gasteiger partial charge in [0.2, 0.25) is 5.91 Å². The molecule has 1 saturated heterocycles. The number of nitrogens with one attached hydrogen (secondary N) is 1. The molecule has 0 radical (unpaired) electrons. The van der Waals surface area contributed by atoms with Gasteiger partial charge in [0.1, 0.15) is 5.75 Å². The molecule has 4 nitrogen and oxygen atoms in total. The molecule has 1 aromatic rings. The molecule has 1 aliphatic heterocycles. The Balaban J connectivity index is 1.74. The summed E-state index contributed by atoms with van der Waals surface area (Å²) in [5.74, 6) is 1.31. The van der Waals surface area contributed by atoms with Crippen molar-refractivity contribution in [1.82, 2.24) is 5.32 Å². The maximum atomic E-state index is 11.5. The number of rotatable bonds is 5. The summed E-state index contributed by atoms with van der Waals surface area (Å²) in [7, 11) is 1.64. The monoisotopic (exact) mass is 253 g/mol. The SMILES string of the molecule is COc1ccc(SCC(=O)NC2COC2)cc1. The number of hydrogen-bond acceptors (Lipinski definition) is 4. The first kappa shape index (κ1) is 12.3. The largest absolute Gasteiger partial charge is 0.497 e. The minimum atomic E-state index is 0.0547. The van der Waals surface area contributed by atoms with Crippen molar-refractivity contribution in [3.63, 3.8) is 0 Å². The molecular weight excluding hydrogens is 238 g/mol. The van der Waals surface area contributed by atoms with E-state index in [9.17, 15) is 4.79 Å². The summed E-state index contributed by atoms with van der Waals surface area (Å²) in [6.45, 7) is 1.28. The van der Waals surface area contributed by atoms with Crippen molar-refractivity contribution >= 4 is 17.7 Å². The van der Waals surface area contributed by atoms with Gasteiger partial charge in [-0.3, -0.25) is 4.79 Å². The molecule has 2 rings (SSSR count). The van der Waals surface area contributed by atoms with Gasteiger partial charge in [-0.1, -0.05) is 0 Å². The molecule has 0 aromatic heterocycles. The molecule has 0 atom stereocenters. The second-order valence-corrected chi connectivity index (χ2v) is 4.81. The molecule has 1 aromatic carbocycles. The normalized spacial score (nSPS) is 15.1. The highest BCUT2D eigenvalue weighted by Crippen LogP contribution is 2.21. The van der Waals surface area contributed by atoms with Crippen molar-refractivity contribution in [1.29, 1.82) is 0 Å². The van der Waals surface area contributed by atoms with Gasteiger partial charge in [0.15, 0.2) is 0 Å². The van der Waals surface area contributed by atoms with Crippen LogP contribution in [0.1, 0.15) is 0 Å². The molecule has 1 N–H and O–H groups in total. The van der Waals surface area contributed by atoms with E-state index in [2.05, 4.69) is 5.32 Å². The molecule has 1 amide bonds. The van der Waals surface area contributed by atoms with Gasteiger partial charge in [-0.2, -0.15) is 0 Å². The van der Waals surface area contributed by atoms with Gasteiger partial charge < -0.3 is 14.8 Å². The molecule has 1 fully saturated rings. The van der Waals surface area contributed by atoms with Gasteiger partial charge in [-0.25, -0.2) is 0 Å². The number of benzene rings is 1. The fourth-order valence-corrected chi connectivity index (χ4v) is 2.12. The topological polar surface area (TPSA) is 47.6 Å². The van der Waals surface area contributed by atoms with Crippen molar-refractivity contribution in [3.05, 3.63) is 24.3 Å². The number of thioether (sulfide) groups is 1. The highest BCUT2D eigenvalue weighted by atomic mass is 32.2. The lowest BCUT2D eigenvalue weighted by molar-refractivity contribution is -0.122. The zero-order chi connectivity index (χ0) is 12.1. The first-order valence-corrected chi connectivity index (χ1v) is 6.40. The summed E-state index contributed by atoms with van der Waals surface area (Å²) in [5.41, 5.74) is 0. The smallest absolute Gasteiger partial charge is 0.230 e. The van der Waals surface area contributed by atoms with Gasteiger partial charge in [0.25, 0.3) is 0 Å². The standard InChI is InChI=1S/C12H15NO3S/c1-15-10-2-4-11(5-3-10)17-8-12(14)13-9-6-16-7-9/h2-5,9H,6-8H2,1H3,(H,13,14). The van der Waals surface area contributed by atoms with Crippen LogP contribution in [0, 0.1) is 0 Å². The number of ether oxygens (including phenoxy) is 2. The van der Waals surface area contributed by atoms with E-state index in [0.29, 0.717) is 19.0 Å². The Morgan fingerprint density at radius 3 is 2.71 bits per heavy atom. The van der Waals surface area contributed by atoms with Crippen LogP contribution in [0.25, 0.3) is 0 Å². The van der Waals surface area contributed by atoms with E-state index in [-0.39, 0.29) is 11.9 Å². The summed E-state index contributed by atoms with van der Waals surface area (Å²) in [5, 5.41) is 2.90. The van der Waals surface area contributed by atoms with Gasteiger partial charge >= 0.3 is 0 Å². The van der Waals surface area contributed by atoms with E-state index in [0.717, 1.165) is 10.6 Å². The van der Waals surface area contributed by atoms with Crippen molar-refractivity contribution < 1.29 is 14.3 Å². The fraction of sp³-hybridized carbons (Fsp3) is 0.417. The Hall–Kier alpha value is -1.20. The average molecular weight is 253 g/mol. The van der Waals surface area contributed by atoms with Gasteiger partial charge in [0, 0.05) is 4.90 Å². The number of methoxy groups -OCH3 is 1. The highest BCUT2D eigenvalue weighted by molar-refractivity contribution is 8.00. The number of carbonyl (C=O) groups excluding carboxylic acids is 1. The van der Waals surface area contributed by atoms with E-state index in [1.54, 1.807) is 7.11 Å². The lowest BCUT2D eigenvalue weighted by Crippen LogP contribution is -2.49. The van der Waals surface area contributed by atoms with E-state index >= 15 is 0 Å². The molecule has 0 saturated carbocycles.